The lowest BCUT2D eigenvalue weighted by molar-refractivity contribution is 0.418. The quantitative estimate of drug-likeness (QED) is 0.849. The van der Waals surface area contributed by atoms with Gasteiger partial charge in [-0.15, -0.1) is 0 Å². The normalized spacial score (nSPS) is 18.9. The third-order valence-corrected chi connectivity index (χ3v) is 3.73. The summed E-state index contributed by atoms with van der Waals surface area (Å²) in [6.45, 7) is 1.62. The number of rotatable bonds is 2. The largest absolute Gasteiger partial charge is 0.496 e. The maximum absolute atomic E-state index is 12.6. The molecule has 1 N–H and O–H groups in total. The van der Waals surface area contributed by atoms with Crippen molar-refractivity contribution in [1.29, 1.82) is 0 Å². The summed E-state index contributed by atoms with van der Waals surface area (Å²) in [5, 5.41) is 3.95. The van der Waals surface area contributed by atoms with E-state index in [1.54, 1.807) is 29.9 Å². The van der Waals surface area contributed by atoms with E-state index in [2.05, 4.69) is 10.3 Å². The Hall–Kier alpha value is -1.59. The van der Waals surface area contributed by atoms with E-state index in [-0.39, 0.29) is 16.9 Å². The average molecular weight is 280 g/mol. The Morgan fingerprint density at radius 3 is 3.05 bits per heavy atom. The van der Waals surface area contributed by atoms with E-state index >= 15 is 0 Å². The van der Waals surface area contributed by atoms with E-state index in [0.29, 0.717) is 16.7 Å². The fraction of sp³-hybridized carbons (Fsp3) is 0.385. The standard InChI is InChI=1S/C13H14ClN3O2/c1-19-10-4-2-3-9-11(10)12(18)17(13(14)16-9)8-5-6-15-7-8/h2-4,8,15H,5-7H2,1H3. The first kappa shape index (κ1) is 12.4. The Bertz CT molecular complexity index is 677. The van der Waals surface area contributed by atoms with E-state index in [1.807, 2.05) is 0 Å². The van der Waals surface area contributed by atoms with Crippen LogP contribution >= 0.6 is 11.6 Å². The van der Waals surface area contributed by atoms with E-state index < -0.39 is 0 Å². The zero-order valence-corrected chi connectivity index (χ0v) is 11.3. The van der Waals surface area contributed by atoms with Crippen LogP contribution in [-0.4, -0.2) is 29.8 Å². The summed E-state index contributed by atoms with van der Waals surface area (Å²) in [6, 6.07) is 5.38. The Morgan fingerprint density at radius 2 is 2.37 bits per heavy atom. The molecule has 6 heteroatoms. The van der Waals surface area contributed by atoms with Crippen molar-refractivity contribution in [2.24, 2.45) is 0 Å². The number of ether oxygens (including phenoxy) is 1. The number of hydrogen-bond donors (Lipinski definition) is 1. The van der Waals surface area contributed by atoms with E-state index in [1.165, 1.54) is 0 Å². The minimum atomic E-state index is -0.138. The number of aromatic nitrogens is 2. The molecule has 1 aliphatic heterocycles. The summed E-state index contributed by atoms with van der Waals surface area (Å²) in [4.78, 5) is 17.0. The first-order chi connectivity index (χ1) is 9.22. The monoisotopic (exact) mass is 279 g/mol. The summed E-state index contributed by atoms with van der Waals surface area (Å²) < 4.78 is 6.82. The Kier molecular flexibility index (Phi) is 3.16. The van der Waals surface area contributed by atoms with Gasteiger partial charge in [0.25, 0.3) is 5.56 Å². The zero-order chi connectivity index (χ0) is 13.4. The number of hydrogen-bond acceptors (Lipinski definition) is 4. The van der Waals surface area contributed by atoms with Crippen LogP contribution in [0.25, 0.3) is 10.9 Å². The molecule has 0 aliphatic carbocycles. The molecule has 1 aromatic heterocycles. The van der Waals surface area contributed by atoms with Crippen molar-refractivity contribution in [2.75, 3.05) is 20.2 Å². The molecular weight excluding hydrogens is 266 g/mol. The molecule has 1 unspecified atom stereocenters. The lowest BCUT2D eigenvalue weighted by Gasteiger charge is -2.16. The predicted octanol–water partition coefficient (Wildman–Crippen LogP) is 1.59. The molecule has 0 bridgehead atoms. The highest BCUT2D eigenvalue weighted by Gasteiger charge is 2.22. The molecule has 0 amide bonds. The topological polar surface area (TPSA) is 56.1 Å². The van der Waals surface area contributed by atoms with Crippen LogP contribution in [-0.2, 0) is 0 Å². The highest BCUT2D eigenvalue weighted by Crippen LogP contribution is 2.24. The van der Waals surface area contributed by atoms with Crippen LogP contribution < -0.4 is 15.6 Å². The molecule has 2 heterocycles. The van der Waals surface area contributed by atoms with Gasteiger partial charge in [0.1, 0.15) is 11.1 Å². The number of methoxy groups -OCH3 is 1. The zero-order valence-electron chi connectivity index (χ0n) is 10.5. The second-order valence-electron chi connectivity index (χ2n) is 4.56. The Balaban J connectivity index is 2.31. The van der Waals surface area contributed by atoms with Crippen molar-refractivity contribution in [2.45, 2.75) is 12.5 Å². The summed E-state index contributed by atoms with van der Waals surface area (Å²) >= 11 is 6.17. The molecule has 1 saturated heterocycles. The summed E-state index contributed by atoms with van der Waals surface area (Å²) in [5.41, 5.74) is 0.428. The minimum Gasteiger partial charge on any atom is -0.496 e. The highest BCUT2D eigenvalue weighted by atomic mass is 35.5. The first-order valence-electron chi connectivity index (χ1n) is 6.18. The smallest absolute Gasteiger partial charge is 0.266 e. The van der Waals surface area contributed by atoms with Crippen LogP contribution in [0.4, 0.5) is 0 Å². The van der Waals surface area contributed by atoms with Gasteiger partial charge in [-0.1, -0.05) is 6.07 Å². The third kappa shape index (κ3) is 1.99. The summed E-state index contributed by atoms with van der Waals surface area (Å²) in [7, 11) is 1.55. The molecule has 1 aliphatic rings. The lowest BCUT2D eigenvalue weighted by atomic mass is 10.2. The predicted molar refractivity (Wildman–Crippen MR) is 74.1 cm³/mol. The van der Waals surface area contributed by atoms with E-state index in [9.17, 15) is 4.79 Å². The van der Waals surface area contributed by atoms with Gasteiger partial charge in [-0.25, -0.2) is 4.98 Å². The second-order valence-corrected chi connectivity index (χ2v) is 4.90. The van der Waals surface area contributed by atoms with Gasteiger partial charge in [0.05, 0.1) is 18.7 Å². The summed E-state index contributed by atoms with van der Waals surface area (Å²) in [6.07, 6.45) is 0.877. The Labute approximate surface area is 115 Å². The lowest BCUT2D eigenvalue weighted by Crippen LogP contribution is -2.28. The molecule has 100 valence electrons. The second kappa shape index (κ2) is 4.83. The van der Waals surface area contributed by atoms with Crippen molar-refractivity contribution in [3.8, 4) is 5.75 Å². The molecule has 3 rings (SSSR count). The maximum atomic E-state index is 12.6. The van der Waals surface area contributed by atoms with Crippen molar-refractivity contribution < 1.29 is 4.74 Å². The van der Waals surface area contributed by atoms with Crippen molar-refractivity contribution in [1.82, 2.24) is 14.9 Å². The van der Waals surface area contributed by atoms with E-state index in [4.69, 9.17) is 16.3 Å². The number of nitrogens with zero attached hydrogens (tertiary/aromatic N) is 2. The van der Waals surface area contributed by atoms with Gasteiger partial charge in [-0.2, -0.15) is 0 Å². The van der Waals surface area contributed by atoms with Crippen molar-refractivity contribution in [3.05, 3.63) is 33.8 Å². The highest BCUT2D eigenvalue weighted by molar-refractivity contribution is 6.28. The molecule has 2 aromatic rings. The number of halogens is 1. The van der Waals surface area contributed by atoms with Gasteiger partial charge in [0.15, 0.2) is 0 Å². The van der Waals surface area contributed by atoms with Gasteiger partial charge in [0.2, 0.25) is 5.28 Å². The van der Waals surface area contributed by atoms with Crippen LogP contribution in [0.3, 0.4) is 0 Å². The van der Waals surface area contributed by atoms with Crippen LogP contribution in [0.15, 0.2) is 23.0 Å². The van der Waals surface area contributed by atoms with Gasteiger partial charge >= 0.3 is 0 Å². The van der Waals surface area contributed by atoms with E-state index in [0.717, 1.165) is 19.5 Å². The molecular formula is C13H14ClN3O2. The molecule has 5 nitrogen and oxygen atoms in total. The molecule has 0 spiro atoms. The molecule has 19 heavy (non-hydrogen) atoms. The van der Waals surface area contributed by atoms with Crippen molar-refractivity contribution >= 4 is 22.5 Å². The molecule has 1 aromatic carbocycles. The number of fused-ring (bicyclic) bond motifs is 1. The van der Waals surface area contributed by atoms with Crippen molar-refractivity contribution in [3.63, 3.8) is 0 Å². The van der Waals surface area contributed by atoms with Gasteiger partial charge in [-0.3, -0.25) is 9.36 Å². The van der Waals surface area contributed by atoms with Crippen LogP contribution in [0, 0.1) is 0 Å². The van der Waals surface area contributed by atoms with Crippen LogP contribution in [0.1, 0.15) is 12.5 Å². The Morgan fingerprint density at radius 1 is 1.53 bits per heavy atom. The molecule has 1 atom stereocenters. The molecule has 1 fully saturated rings. The van der Waals surface area contributed by atoms with Gasteiger partial charge in [-0.05, 0) is 36.7 Å². The number of benzene rings is 1. The fourth-order valence-electron chi connectivity index (χ4n) is 2.53. The SMILES string of the molecule is COc1cccc2nc(Cl)n(C3CCNC3)c(=O)c12. The average Bonchev–Trinajstić information content (AvgIpc) is 2.91. The molecule has 0 saturated carbocycles. The van der Waals surface area contributed by atoms with Crippen LogP contribution in [0.5, 0.6) is 5.75 Å². The number of nitrogens with one attached hydrogen (secondary N) is 1. The first-order valence-corrected chi connectivity index (χ1v) is 6.55. The molecule has 0 radical (unpaired) electrons. The third-order valence-electron chi connectivity index (χ3n) is 3.47. The van der Waals surface area contributed by atoms with Gasteiger partial charge in [0, 0.05) is 6.54 Å². The minimum absolute atomic E-state index is 0.0572. The maximum Gasteiger partial charge on any atom is 0.266 e. The fourth-order valence-corrected chi connectivity index (χ4v) is 2.84. The van der Waals surface area contributed by atoms with Gasteiger partial charge < -0.3 is 10.1 Å². The van der Waals surface area contributed by atoms with Crippen LogP contribution in [0.2, 0.25) is 5.28 Å². The summed E-state index contributed by atoms with van der Waals surface area (Å²) in [5.74, 6) is 0.534.